The number of nitrogens with one attached hydrogen (secondary N) is 2. The number of methoxy groups -OCH3 is 2. The first-order chi connectivity index (χ1) is 17.9. The summed E-state index contributed by atoms with van der Waals surface area (Å²) in [5.74, 6) is -0.311. The van der Waals surface area contributed by atoms with Crippen molar-refractivity contribution < 1.29 is 28.6 Å². The number of rotatable bonds is 12. The molecular formula is C27H27ClN2O6S. The van der Waals surface area contributed by atoms with E-state index in [4.69, 9.17) is 25.8 Å². The maximum atomic E-state index is 12.2. The summed E-state index contributed by atoms with van der Waals surface area (Å²) >= 11 is 7.50. The van der Waals surface area contributed by atoms with E-state index in [9.17, 15) is 14.4 Å². The lowest BCUT2D eigenvalue weighted by molar-refractivity contribution is -0.147. The number of benzene rings is 3. The van der Waals surface area contributed by atoms with Gasteiger partial charge in [-0.25, -0.2) is 0 Å². The van der Waals surface area contributed by atoms with Crippen LogP contribution >= 0.6 is 23.4 Å². The smallest absolute Gasteiger partial charge is 0.306 e. The van der Waals surface area contributed by atoms with Crippen molar-refractivity contribution in [1.29, 1.82) is 0 Å². The fourth-order valence-electron chi connectivity index (χ4n) is 3.18. The Hall–Kier alpha value is -3.69. The van der Waals surface area contributed by atoms with Crippen molar-refractivity contribution in [3.63, 3.8) is 0 Å². The molecule has 8 nitrogen and oxygen atoms in total. The van der Waals surface area contributed by atoms with Gasteiger partial charge >= 0.3 is 5.97 Å². The van der Waals surface area contributed by atoms with Crippen LogP contribution in [0.3, 0.4) is 0 Å². The van der Waals surface area contributed by atoms with Gasteiger partial charge in [0.15, 0.2) is 6.61 Å². The van der Waals surface area contributed by atoms with Crippen LogP contribution in [0.1, 0.15) is 19.3 Å². The lowest BCUT2D eigenvalue weighted by atomic mass is 10.2. The third-order valence-corrected chi connectivity index (χ3v) is 6.28. The molecule has 3 aromatic carbocycles. The topological polar surface area (TPSA) is 103 Å². The third-order valence-electron chi connectivity index (χ3n) is 5.02. The Kier molecular flexibility index (Phi) is 10.7. The predicted octanol–water partition coefficient (Wildman–Crippen LogP) is 5.80. The molecule has 2 amide bonds. The van der Waals surface area contributed by atoms with Gasteiger partial charge in [0.05, 0.1) is 19.9 Å². The molecule has 0 aliphatic heterocycles. The van der Waals surface area contributed by atoms with Gasteiger partial charge in [0.1, 0.15) is 11.5 Å². The van der Waals surface area contributed by atoms with E-state index in [0.29, 0.717) is 34.3 Å². The van der Waals surface area contributed by atoms with Gasteiger partial charge in [0.2, 0.25) is 5.91 Å². The molecule has 0 saturated carbocycles. The molecule has 0 unspecified atom stereocenters. The molecule has 0 aliphatic rings. The quantitative estimate of drug-likeness (QED) is 0.279. The van der Waals surface area contributed by atoms with Crippen LogP contribution in [0.15, 0.2) is 76.5 Å². The SMILES string of the molecule is COc1ccc(OC)c(NC(=O)COC(=O)CCCC(=O)Nc2ccc(Sc3ccc(Cl)cc3)cc2)c1. The van der Waals surface area contributed by atoms with E-state index in [1.807, 2.05) is 48.5 Å². The maximum absolute atomic E-state index is 12.2. The Bertz CT molecular complexity index is 1220. The van der Waals surface area contributed by atoms with Crippen LogP contribution in [0.2, 0.25) is 5.02 Å². The number of amides is 2. The molecule has 0 fully saturated rings. The molecule has 0 heterocycles. The number of carbonyl (C=O) groups is 3. The first-order valence-electron chi connectivity index (χ1n) is 11.4. The maximum Gasteiger partial charge on any atom is 0.306 e. The number of halogens is 1. The van der Waals surface area contributed by atoms with Crippen LogP contribution < -0.4 is 20.1 Å². The van der Waals surface area contributed by atoms with Gasteiger partial charge in [-0.2, -0.15) is 0 Å². The lowest BCUT2D eigenvalue weighted by Gasteiger charge is -2.12. The number of carbonyl (C=O) groups excluding carboxylic acids is 3. The van der Waals surface area contributed by atoms with Gasteiger partial charge in [-0.1, -0.05) is 23.4 Å². The Labute approximate surface area is 224 Å². The summed E-state index contributed by atoms with van der Waals surface area (Å²) in [6.45, 7) is -0.453. The van der Waals surface area contributed by atoms with Crippen molar-refractivity contribution in [1.82, 2.24) is 0 Å². The minimum Gasteiger partial charge on any atom is -0.497 e. The van der Waals surface area contributed by atoms with Crippen LogP contribution in [0.25, 0.3) is 0 Å². The van der Waals surface area contributed by atoms with Crippen LogP contribution in [0, 0.1) is 0 Å². The van der Waals surface area contributed by atoms with Gasteiger partial charge < -0.3 is 24.8 Å². The van der Waals surface area contributed by atoms with Crippen molar-refractivity contribution in [3.8, 4) is 11.5 Å². The van der Waals surface area contributed by atoms with Crippen LogP contribution in [-0.4, -0.2) is 38.6 Å². The number of anilines is 2. The molecular weight excluding hydrogens is 516 g/mol. The molecule has 3 rings (SSSR count). The van der Waals surface area contributed by atoms with Gasteiger partial charge in [-0.3, -0.25) is 14.4 Å². The molecule has 0 bridgehead atoms. The van der Waals surface area contributed by atoms with Crippen molar-refractivity contribution >= 4 is 52.5 Å². The van der Waals surface area contributed by atoms with Crippen molar-refractivity contribution in [2.75, 3.05) is 31.5 Å². The molecule has 0 radical (unpaired) electrons. The first kappa shape index (κ1) is 27.9. The standard InChI is InChI=1S/C27H27ClN2O6S/c1-34-20-10-15-24(35-2)23(16-20)30-26(32)17-36-27(33)5-3-4-25(31)29-19-8-13-22(14-9-19)37-21-11-6-18(28)7-12-21/h6-16H,3-5,17H2,1-2H3,(H,29,31)(H,30,32). The minimum atomic E-state index is -0.566. The molecule has 3 aromatic rings. The monoisotopic (exact) mass is 542 g/mol. The van der Waals surface area contributed by atoms with E-state index in [-0.39, 0.29) is 18.7 Å². The Balaban J connectivity index is 1.35. The highest BCUT2D eigenvalue weighted by atomic mass is 35.5. The van der Waals surface area contributed by atoms with Crippen molar-refractivity contribution in [3.05, 3.63) is 71.8 Å². The van der Waals surface area contributed by atoms with E-state index in [1.165, 1.54) is 14.2 Å². The van der Waals surface area contributed by atoms with Gasteiger partial charge in [-0.15, -0.1) is 0 Å². The molecule has 0 atom stereocenters. The number of esters is 1. The molecule has 0 saturated heterocycles. The first-order valence-corrected chi connectivity index (χ1v) is 12.6. The number of ether oxygens (including phenoxy) is 3. The highest BCUT2D eigenvalue weighted by molar-refractivity contribution is 7.99. The summed E-state index contributed by atoms with van der Waals surface area (Å²) in [6, 6.07) is 20.0. The summed E-state index contributed by atoms with van der Waals surface area (Å²) in [7, 11) is 2.99. The van der Waals surface area contributed by atoms with Crippen molar-refractivity contribution in [2.24, 2.45) is 0 Å². The van der Waals surface area contributed by atoms with E-state index in [0.717, 1.165) is 9.79 Å². The number of hydrogen-bond donors (Lipinski definition) is 2. The fourth-order valence-corrected chi connectivity index (χ4v) is 4.12. The van der Waals surface area contributed by atoms with Gasteiger partial charge in [0.25, 0.3) is 5.91 Å². The summed E-state index contributed by atoms with van der Waals surface area (Å²) < 4.78 is 15.3. The predicted molar refractivity (Wildman–Crippen MR) is 144 cm³/mol. The summed E-state index contributed by atoms with van der Waals surface area (Å²) in [4.78, 5) is 38.4. The van der Waals surface area contributed by atoms with Crippen molar-refractivity contribution in [2.45, 2.75) is 29.1 Å². The average molecular weight is 543 g/mol. The number of hydrogen-bond acceptors (Lipinski definition) is 7. The van der Waals surface area contributed by atoms with E-state index >= 15 is 0 Å². The highest BCUT2D eigenvalue weighted by Crippen LogP contribution is 2.30. The van der Waals surface area contributed by atoms with Crippen LogP contribution in [0.4, 0.5) is 11.4 Å². The zero-order valence-corrected chi connectivity index (χ0v) is 22.0. The molecule has 0 aromatic heterocycles. The Morgan fingerprint density at radius 2 is 1.49 bits per heavy atom. The van der Waals surface area contributed by atoms with E-state index in [2.05, 4.69) is 10.6 Å². The van der Waals surface area contributed by atoms with Gasteiger partial charge in [-0.05, 0) is 67.1 Å². The lowest BCUT2D eigenvalue weighted by Crippen LogP contribution is -2.21. The van der Waals surface area contributed by atoms with E-state index in [1.54, 1.807) is 30.0 Å². The summed E-state index contributed by atoms with van der Waals surface area (Å²) in [5.41, 5.74) is 1.06. The molecule has 2 N–H and O–H groups in total. The molecule has 0 spiro atoms. The Morgan fingerprint density at radius 3 is 2.14 bits per heavy atom. The van der Waals surface area contributed by atoms with Crippen LogP contribution in [0.5, 0.6) is 11.5 Å². The minimum absolute atomic E-state index is 0.0137. The zero-order valence-electron chi connectivity index (χ0n) is 20.4. The second-order valence-corrected chi connectivity index (χ2v) is 9.34. The average Bonchev–Trinajstić information content (AvgIpc) is 2.90. The highest BCUT2D eigenvalue weighted by Gasteiger charge is 2.12. The van der Waals surface area contributed by atoms with E-state index < -0.39 is 18.5 Å². The molecule has 10 heteroatoms. The largest absolute Gasteiger partial charge is 0.497 e. The summed E-state index contributed by atoms with van der Waals surface area (Å²) in [5, 5.41) is 6.12. The molecule has 194 valence electrons. The normalized spacial score (nSPS) is 10.4. The summed E-state index contributed by atoms with van der Waals surface area (Å²) in [6.07, 6.45) is 0.448. The second kappa shape index (κ2) is 14.2. The molecule has 0 aliphatic carbocycles. The second-order valence-electron chi connectivity index (χ2n) is 7.76. The van der Waals surface area contributed by atoms with Crippen LogP contribution in [-0.2, 0) is 19.1 Å². The molecule has 37 heavy (non-hydrogen) atoms. The third kappa shape index (κ3) is 9.36. The fraction of sp³-hybridized carbons (Fsp3) is 0.222. The zero-order chi connectivity index (χ0) is 26.6. The van der Waals surface area contributed by atoms with Gasteiger partial charge in [0, 0.05) is 39.4 Å². The Morgan fingerprint density at radius 1 is 0.811 bits per heavy atom.